The molecule has 0 saturated carbocycles. The van der Waals surface area contributed by atoms with E-state index in [0.717, 1.165) is 10.6 Å². The highest BCUT2D eigenvalue weighted by atomic mass is 35.5. The van der Waals surface area contributed by atoms with E-state index >= 15 is 0 Å². The van der Waals surface area contributed by atoms with Gasteiger partial charge in [-0.3, -0.25) is 4.79 Å². The fourth-order valence-corrected chi connectivity index (χ4v) is 3.51. The van der Waals surface area contributed by atoms with Gasteiger partial charge in [0, 0.05) is 22.0 Å². The van der Waals surface area contributed by atoms with Gasteiger partial charge in [-0.25, -0.2) is 0 Å². The van der Waals surface area contributed by atoms with Crippen LogP contribution in [0.3, 0.4) is 0 Å². The Bertz CT molecular complexity index is 716. The normalized spacial score (nSPS) is 16.8. The Balaban J connectivity index is 0.00000225. The topological polar surface area (TPSA) is 50.4 Å². The van der Waals surface area contributed by atoms with Crippen LogP contribution in [0.4, 0.5) is 5.69 Å². The van der Waals surface area contributed by atoms with Crippen LogP contribution in [0.5, 0.6) is 0 Å². The molecule has 1 aliphatic heterocycles. The Morgan fingerprint density at radius 3 is 2.64 bits per heavy atom. The van der Waals surface area contributed by atoms with Crippen molar-refractivity contribution in [2.75, 3.05) is 25.1 Å². The molecule has 1 fully saturated rings. The van der Waals surface area contributed by atoms with Gasteiger partial charge in [-0.1, -0.05) is 23.9 Å². The van der Waals surface area contributed by atoms with Crippen LogP contribution in [0.25, 0.3) is 0 Å². The van der Waals surface area contributed by atoms with Gasteiger partial charge in [0.05, 0.1) is 13.2 Å². The van der Waals surface area contributed by atoms with Crippen molar-refractivity contribution in [3.05, 3.63) is 53.6 Å². The molecule has 1 unspecified atom stereocenters. The van der Waals surface area contributed by atoms with Crippen molar-refractivity contribution in [1.82, 2.24) is 5.32 Å². The molecule has 6 heteroatoms. The first-order chi connectivity index (χ1) is 11.6. The van der Waals surface area contributed by atoms with E-state index in [2.05, 4.69) is 42.7 Å². The number of ether oxygens (including phenoxy) is 1. The van der Waals surface area contributed by atoms with Crippen LogP contribution in [0.1, 0.15) is 11.1 Å². The van der Waals surface area contributed by atoms with Gasteiger partial charge in [0.25, 0.3) is 0 Å². The van der Waals surface area contributed by atoms with E-state index in [9.17, 15) is 4.79 Å². The Kier molecular flexibility index (Phi) is 7.32. The fourth-order valence-electron chi connectivity index (χ4n) is 2.51. The summed E-state index contributed by atoms with van der Waals surface area (Å²) < 4.78 is 5.32. The number of benzene rings is 2. The maximum Gasteiger partial charge on any atom is 0.243 e. The predicted molar refractivity (Wildman–Crippen MR) is 105 cm³/mol. The second-order valence-electron chi connectivity index (χ2n) is 5.97. The smallest absolute Gasteiger partial charge is 0.243 e. The average molecular weight is 379 g/mol. The quantitative estimate of drug-likeness (QED) is 0.849. The molecule has 0 radical (unpaired) electrons. The highest BCUT2D eigenvalue weighted by molar-refractivity contribution is 7.99. The third kappa shape index (κ3) is 5.47. The zero-order valence-electron chi connectivity index (χ0n) is 14.4. The minimum atomic E-state index is -0.275. The average Bonchev–Trinajstić information content (AvgIpc) is 2.60. The van der Waals surface area contributed by atoms with Gasteiger partial charge in [-0.15, -0.1) is 12.4 Å². The second kappa shape index (κ2) is 9.25. The number of amides is 1. The third-order valence-corrected chi connectivity index (χ3v) is 5.10. The number of morpholine rings is 1. The van der Waals surface area contributed by atoms with E-state index in [1.54, 1.807) is 11.8 Å². The molecule has 1 heterocycles. The van der Waals surface area contributed by atoms with Crippen LogP contribution in [-0.4, -0.2) is 31.7 Å². The van der Waals surface area contributed by atoms with Gasteiger partial charge in [-0.2, -0.15) is 0 Å². The Hall–Kier alpha value is -1.53. The molecule has 2 aromatic carbocycles. The highest BCUT2D eigenvalue weighted by Crippen LogP contribution is 2.31. The van der Waals surface area contributed by atoms with Crippen molar-refractivity contribution in [2.24, 2.45) is 0 Å². The van der Waals surface area contributed by atoms with Crippen molar-refractivity contribution >= 4 is 35.8 Å². The molecule has 25 heavy (non-hydrogen) atoms. The van der Waals surface area contributed by atoms with E-state index in [1.165, 1.54) is 16.0 Å². The number of nitrogens with one attached hydrogen (secondary N) is 2. The largest absolute Gasteiger partial charge is 0.378 e. The number of carbonyl (C=O) groups excluding carboxylic acids is 1. The summed E-state index contributed by atoms with van der Waals surface area (Å²) in [5, 5.41) is 6.09. The molecule has 1 aliphatic rings. The molecular weight excluding hydrogens is 356 g/mol. The van der Waals surface area contributed by atoms with Crippen LogP contribution < -0.4 is 10.6 Å². The first kappa shape index (κ1) is 19.8. The maximum absolute atomic E-state index is 12.2. The predicted octanol–water partition coefficient (Wildman–Crippen LogP) is 3.80. The van der Waals surface area contributed by atoms with Crippen molar-refractivity contribution in [3.8, 4) is 0 Å². The van der Waals surface area contributed by atoms with Gasteiger partial charge in [0.15, 0.2) is 0 Å². The maximum atomic E-state index is 12.2. The molecule has 1 atom stereocenters. The molecule has 0 bridgehead atoms. The first-order valence-corrected chi connectivity index (χ1v) is 8.90. The monoisotopic (exact) mass is 378 g/mol. The molecule has 0 spiro atoms. The lowest BCUT2D eigenvalue weighted by Gasteiger charge is -2.22. The number of rotatable bonds is 4. The lowest BCUT2D eigenvalue weighted by molar-refractivity contribution is -0.120. The minimum absolute atomic E-state index is 0. The summed E-state index contributed by atoms with van der Waals surface area (Å²) >= 11 is 1.74. The summed E-state index contributed by atoms with van der Waals surface area (Å²) in [5.74, 6) is -0.0513. The van der Waals surface area contributed by atoms with Gasteiger partial charge in [-0.05, 0) is 55.3 Å². The second-order valence-corrected chi connectivity index (χ2v) is 7.08. The van der Waals surface area contributed by atoms with Gasteiger partial charge >= 0.3 is 0 Å². The molecule has 3 rings (SSSR count). The van der Waals surface area contributed by atoms with Crippen molar-refractivity contribution < 1.29 is 9.53 Å². The van der Waals surface area contributed by atoms with E-state index < -0.39 is 0 Å². The number of hydrogen-bond donors (Lipinski definition) is 2. The lowest BCUT2D eigenvalue weighted by Crippen LogP contribution is -2.48. The van der Waals surface area contributed by atoms with Crippen LogP contribution in [0, 0.1) is 13.8 Å². The van der Waals surface area contributed by atoms with Crippen molar-refractivity contribution in [2.45, 2.75) is 29.7 Å². The zero-order chi connectivity index (χ0) is 16.9. The van der Waals surface area contributed by atoms with Crippen molar-refractivity contribution in [3.63, 3.8) is 0 Å². The molecule has 2 aromatic rings. The van der Waals surface area contributed by atoms with Crippen LogP contribution in [0.15, 0.2) is 52.3 Å². The van der Waals surface area contributed by atoms with E-state index in [-0.39, 0.29) is 24.4 Å². The summed E-state index contributed by atoms with van der Waals surface area (Å²) in [4.78, 5) is 14.6. The van der Waals surface area contributed by atoms with Crippen LogP contribution >= 0.6 is 24.2 Å². The molecule has 1 amide bonds. The SMILES string of the molecule is Cc1ccc(C)c(Sc2ccc(NC(=O)C3COCCN3)cc2)c1.Cl. The van der Waals surface area contributed by atoms with Gasteiger partial charge in [0.2, 0.25) is 5.91 Å². The standard InChI is InChI=1S/C19H22N2O2S.ClH/c1-13-3-4-14(2)18(11-13)24-16-7-5-15(6-8-16)21-19(22)17-12-23-10-9-20-17;/h3-8,11,17,20H,9-10,12H2,1-2H3,(H,21,22);1H. The molecular formula is C19H23ClN2O2S. The number of halogens is 1. The van der Waals surface area contributed by atoms with E-state index in [1.807, 2.05) is 24.3 Å². The first-order valence-electron chi connectivity index (χ1n) is 8.09. The Labute approximate surface area is 159 Å². The zero-order valence-corrected chi connectivity index (χ0v) is 16.0. The summed E-state index contributed by atoms with van der Waals surface area (Å²) in [7, 11) is 0. The summed E-state index contributed by atoms with van der Waals surface area (Å²) in [6, 6.07) is 14.1. The Morgan fingerprint density at radius 1 is 1.20 bits per heavy atom. The summed E-state index contributed by atoms with van der Waals surface area (Å²) in [5.41, 5.74) is 3.33. The number of carbonyl (C=O) groups is 1. The lowest BCUT2D eigenvalue weighted by atomic mass is 10.2. The van der Waals surface area contributed by atoms with Crippen LogP contribution in [0.2, 0.25) is 0 Å². The van der Waals surface area contributed by atoms with Gasteiger partial charge < -0.3 is 15.4 Å². The van der Waals surface area contributed by atoms with Crippen LogP contribution in [-0.2, 0) is 9.53 Å². The third-order valence-electron chi connectivity index (χ3n) is 3.93. The molecule has 1 saturated heterocycles. The fraction of sp³-hybridized carbons (Fsp3) is 0.316. The van der Waals surface area contributed by atoms with Gasteiger partial charge in [0.1, 0.15) is 6.04 Å². The minimum Gasteiger partial charge on any atom is -0.378 e. The Morgan fingerprint density at radius 2 is 1.96 bits per heavy atom. The summed E-state index contributed by atoms with van der Waals surface area (Å²) in [6.07, 6.45) is 0. The molecule has 0 aromatic heterocycles. The van der Waals surface area contributed by atoms with E-state index in [4.69, 9.17) is 4.74 Å². The number of aryl methyl sites for hydroxylation is 2. The number of anilines is 1. The molecule has 0 aliphatic carbocycles. The van der Waals surface area contributed by atoms with Crippen molar-refractivity contribution in [1.29, 1.82) is 0 Å². The summed E-state index contributed by atoms with van der Waals surface area (Å²) in [6.45, 7) is 6.02. The molecule has 4 nitrogen and oxygen atoms in total. The molecule has 2 N–H and O–H groups in total. The number of hydrogen-bond acceptors (Lipinski definition) is 4. The highest BCUT2D eigenvalue weighted by Gasteiger charge is 2.20. The molecule has 134 valence electrons. The van der Waals surface area contributed by atoms with E-state index in [0.29, 0.717) is 19.8 Å².